The van der Waals surface area contributed by atoms with Crippen LogP contribution in [0.1, 0.15) is 12.0 Å². The largest absolute Gasteiger partial charge is 0.497 e. The van der Waals surface area contributed by atoms with Crippen LogP contribution < -0.4 is 9.47 Å². The molecule has 31 heavy (non-hydrogen) atoms. The number of halogens is 2. The minimum atomic E-state index is -0.794. The summed E-state index contributed by atoms with van der Waals surface area (Å²) in [6.45, 7) is 1.36. The van der Waals surface area contributed by atoms with Crippen molar-refractivity contribution < 1.29 is 18.9 Å². The van der Waals surface area contributed by atoms with Crippen molar-refractivity contribution in [2.24, 2.45) is 0 Å². The normalized spacial score (nSPS) is 20.7. The fraction of sp³-hybridized carbons (Fsp3) is 0.348. The lowest BCUT2D eigenvalue weighted by Gasteiger charge is -2.29. The van der Waals surface area contributed by atoms with E-state index in [-0.39, 0.29) is 6.10 Å². The lowest BCUT2D eigenvalue weighted by molar-refractivity contribution is -0.184. The maximum Gasteiger partial charge on any atom is 0.187 e. The van der Waals surface area contributed by atoms with E-state index in [0.29, 0.717) is 42.6 Å². The van der Waals surface area contributed by atoms with Crippen LogP contribution in [-0.4, -0.2) is 41.8 Å². The van der Waals surface area contributed by atoms with Crippen molar-refractivity contribution in [3.8, 4) is 11.5 Å². The van der Waals surface area contributed by atoms with E-state index in [1.165, 1.54) is 0 Å². The highest BCUT2D eigenvalue weighted by atomic mass is 35.5. The Hall–Kier alpha value is -2.25. The minimum Gasteiger partial charge on any atom is -0.497 e. The molecule has 6 nitrogen and oxygen atoms in total. The third kappa shape index (κ3) is 5.71. The number of nitrogens with zero attached hydrogens (tertiary/aromatic N) is 2. The smallest absolute Gasteiger partial charge is 0.187 e. The highest BCUT2D eigenvalue weighted by molar-refractivity contribution is 6.35. The van der Waals surface area contributed by atoms with Crippen molar-refractivity contribution in [2.45, 2.75) is 31.3 Å². The molecule has 1 saturated heterocycles. The van der Waals surface area contributed by atoms with Gasteiger partial charge in [-0.3, -0.25) is 0 Å². The Labute approximate surface area is 191 Å². The summed E-state index contributed by atoms with van der Waals surface area (Å²) >= 11 is 12.4. The molecule has 0 bridgehead atoms. The summed E-state index contributed by atoms with van der Waals surface area (Å²) in [5.41, 5.74) is 1.00. The van der Waals surface area contributed by atoms with Crippen LogP contribution in [0.5, 0.6) is 11.5 Å². The Morgan fingerprint density at radius 3 is 2.68 bits per heavy atom. The van der Waals surface area contributed by atoms with Crippen molar-refractivity contribution in [3.05, 3.63) is 76.8 Å². The molecule has 0 aliphatic carbocycles. The van der Waals surface area contributed by atoms with Crippen LogP contribution in [0, 0.1) is 0 Å². The van der Waals surface area contributed by atoms with Crippen molar-refractivity contribution in [2.75, 3.05) is 20.3 Å². The van der Waals surface area contributed by atoms with Gasteiger partial charge in [-0.15, -0.1) is 0 Å². The molecule has 2 atom stereocenters. The van der Waals surface area contributed by atoms with Crippen molar-refractivity contribution in [3.63, 3.8) is 0 Å². The summed E-state index contributed by atoms with van der Waals surface area (Å²) in [6.07, 6.45) is 6.52. The van der Waals surface area contributed by atoms with Gasteiger partial charge in [-0.05, 0) is 48.4 Å². The van der Waals surface area contributed by atoms with E-state index >= 15 is 0 Å². The van der Waals surface area contributed by atoms with Gasteiger partial charge in [0.15, 0.2) is 5.79 Å². The van der Waals surface area contributed by atoms with E-state index < -0.39 is 5.79 Å². The summed E-state index contributed by atoms with van der Waals surface area (Å²) in [6, 6.07) is 13.0. The van der Waals surface area contributed by atoms with Gasteiger partial charge in [-0.25, -0.2) is 4.98 Å². The third-order valence-corrected chi connectivity index (χ3v) is 5.77. The van der Waals surface area contributed by atoms with Gasteiger partial charge in [-0.2, -0.15) is 0 Å². The second-order valence-electron chi connectivity index (χ2n) is 7.42. The zero-order valence-electron chi connectivity index (χ0n) is 17.2. The predicted molar refractivity (Wildman–Crippen MR) is 119 cm³/mol. The van der Waals surface area contributed by atoms with Crippen LogP contribution in [0.2, 0.25) is 10.0 Å². The van der Waals surface area contributed by atoms with E-state index in [2.05, 4.69) is 4.98 Å². The Kier molecular flexibility index (Phi) is 7.02. The Bertz CT molecular complexity index is 982. The number of aromatic nitrogens is 2. The molecule has 164 valence electrons. The molecule has 2 unspecified atom stereocenters. The number of imidazole rings is 1. The quantitative estimate of drug-likeness (QED) is 0.446. The van der Waals surface area contributed by atoms with Crippen LogP contribution >= 0.6 is 23.2 Å². The monoisotopic (exact) mass is 462 g/mol. The molecule has 2 heterocycles. The number of hydrogen-bond acceptors (Lipinski definition) is 5. The summed E-state index contributed by atoms with van der Waals surface area (Å²) in [7, 11) is 1.64. The Balaban J connectivity index is 1.41. The topological polar surface area (TPSA) is 54.7 Å². The van der Waals surface area contributed by atoms with Crippen molar-refractivity contribution in [1.29, 1.82) is 0 Å². The summed E-state index contributed by atoms with van der Waals surface area (Å²) < 4.78 is 25.6. The molecule has 1 aliphatic heterocycles. The third-order valence-electron chi connectivity index (χ3n) is 5.18. The lowest BCUT2D eigenvalue weighted by Crippen LogP contribution is -2.37. The number of ether oxygens (including phenoxy) is 4. The molecule has 1 fully saturated rings. The Morgan fingerprint density at radius 1 is 1.16 bits per heavy atom. The molecule has 0 amide bonds. The summed E-state index contributed by atoms with van der Waals surface area (Å²) in [5.74, 6) is 0.745. The maximum atomic E-state index is 6.38. The molecule has 8 heteroatoms. The Morgan fingerprint density at radius 2 is 1.97 bits per heavy atom. The number of rotatable bonds is 9. The number of methoxy groups -OCH3 is 1. The van der Waals surface area contributed by atoms with E-state index in [9.17, 15) is 0 Å². The zero-order valence-corrected chi connectivity index (χ0v) is 18.7. The van der Waals surface area contributed by atoms with Crippen molar-refractivity contribution in [1.82, 2.24) is 9.55 Å². The number of benzene rings is 2. The average molecular weight is 463 g/mol. The highest BCUT2D eigenvalue weighted by Crippen LogP contribution is 2.33. The zero-order chi connectivity index (χ0) is 21.7. The fourth-order valence-electron chi connectivity index (χ4n) is 3.56. The standard InChI is InChI=1S/C23H24Cl2N2O4/c1-28-19-4-6-20(7-5-19)29-13-21-14-30-23(31-21,15-27-11-10-26-16-27)9-8-17-2-3-18(24)12-22(17)25/h2-7,10-12,16,21H,8-9,13-15H2,1H3. The maximum absolute atomic E-state index is 6.38. The van der Waals surface area contributed by atoms with E-state index in [1.54, 1.807) is 25.7 Å². The molecular weight excluding hydrogens is 439 g/mol. The summed E-state index contributed by atoms with van der Waals surface area (Å²) in [5, 5.41) is 1.26. The molecule has 0 saturated carbocycles. The fourth-order valence-corrected chi connectivity index (χ4v) is 4.06. The van der Waals surface area contributed by atoms with Gasteiger partial charge in [0.2, 0.25) is 0 Å². The first kappa shape index (κ1) is 22.0. The van der Waals surface area contributed by atoms with Gasteiger partial charge < -0.3 is 23.5 Å². The van der Waals surface area contributed by atoms with Gasteiger partial charge in [0.1, 0.15) is 24.2 Å². The second kappa shape index (κ2) is 9.92. The predicted octanol–water partition coefficient (Wildman–Crippen LogP) is 5.02. The first-order chi connectivity index (χ1) is 15.0. The van der Waals surface area contributed by atoms with Gasteiger partial charge in [0.25, 0.3) is 0 Å². The molecule has 0 spiro atoms. The minimum absolute atomic E-state index is 0.189. The van der Waals surface area contributed by atoms with Crippen LogP contribution in [0.25, 0.3) is 0 Å². The van der Waals surface area contributed by atoms with E-state index in [1.807, 2.05) is 47.2 Å². The van der Waals surface area contributed by atoms with Crippen molar-refractivity contribution >= 4 is 23.2 Å². The first-order valence-electron chi connectivity index (χ1n) is 10.0. The van der Waals surface area contributed by atoms with Gasteiger partial charge >= 0.3 is 0 Å². The molecule has 1 aromatic heterocycles. The molecule has 0 radical (unpaired) electrons. The summed E-state index contributed by atoms with van der Waals surface area (Å²) in [4.78, 5) is 4.13. The van der Waals surface area contributed by atoms with Gasteiger partial charge in [-0.1, -0.05) is 29.3 Å². The highest BCUT2D eigenvalue weighted by Gasteiger charge is 2.42. The van der Waals surface area contributed by atoms with Crippen LogP contribution in [0.3, 0.4) is 0 Å². The lowest BCUT2D eigenvalue weighted by atomic mass is 10.0. The van der Waals surface area contributed by atoms with Gasteiger partial charge in [0, 0.05) is 28.9 Å². The SMILES string of the molecule is COc1ccc(OCC2COC(CCc3ccc(Cl)cc3Cl)(Cn3ccnc3)O2)cc1. The second-order valence-corrected chi connectivity index (χ2v) is 8.26. The molecule has 0 N–H and O–H groups in total. The van der Waals surface area contributed by atoms with Crippen LogP contribution in [-0.2, 0) is 22.4 Å². The molecular formula is C23H24Cl2N2O4. The first-order valence-corrected chi connectivity index (χ1v) is 10.8. The number of aryl methyl sites for hydroxylation is 1. The van der Waals surface area contributed by atoms with Crippen LogP contribution in [0.15, 0.2) is 61.2 Å². The molecule has 1 aliphatic rings. The van der Waals surface area contributed by atoms with E-state index in [0.717, 1.165) is 17.1 Å². The van der Waals surface area contributed by atoms with Crippen LogP contribution in [0.4, 0.5) is 0 Å². The molecule has 3 aromatic rings. The molecule has 4 rings (SSSR count). The van der Waals surface area contributed by atoms with E-state index in [4.69, 9.17) is 42.1 Å². The van der Waals surface area contributed by atoms with Gasteiger partial charge in [0.05, 0.1) is 26.6 Å². The average Bonchev–Trinajstić information content (AvgIpc) is 3.43. The molecule has 2 aromatic carbocycles. The number of hydrogen-bond donors (Lipinski definition) is 0.